The van der Waals surface area contributed by atoms with Crippen molar-refractivity contribution in [3.05, 3.63) is 29.8 Å². The molecule has 21 heavy (non-hydrogen) atoms. The molecule has 0 N–H and O–H groups in total. The minimum absolute atomic E-state index is 0.0180. The van der Waals surface area contributed by atoms with Gasteiger partial charge in [-0.1, -0.05) is 0 Å². The molecule has 0 aliphatic carbocycles. The smallest absolute Gasteiger partial charge is 0.253 e. The molecule has 1 saturated heterocycles. The number of likely N-dealkylation sites (tertiary alicyclic amines) is 1. The number of hydrogen-bond acceptors (Lipinski definition) is 4. The summed E-state index contributed by atoms with van der Waals surface area (Å²) in [4.78, 5) is 14.4. The van der Waals surface area contributed by atoms with Crippen molar-refractivity contribution in [3.8, 4) is 0 Å². The third-order valence-corrected chi connectivity index (χ3v) is 5.35. The molecule has 1 aromatic carbocycles. The quantitative estimate of drug-likeness (QED) is 0.831. The second kappa shape index (κ2) is 7.04. The molecule has 2 rings (SSSR count). The Morgan fingerprint density at radius 1 is 1.14 bits per heavy atom. The van der Waals surface area contributed by atoms with Gasteiger partial charge in [-0.3, -0.25) is 4.79 Å². The van der Waals surface area contributed by atoms with E-state index < -0.39 is 9.84 Å². The molecular weight excluding hydrogens is 290 g/mol. The molecule has 0 saturated carbocycles. The number of nitrogens with zero attached hydrogens (tertiary/aromatic N) is 1. The van der Waals surface area contributed by atoms with Gasteiger partial charge in [0.15, 0.2) is 9.84 Å². The zero-order chi connectivity index (χ0) is 15.3. The highest BCUT2D eigenvalue weighted by Gasteiger charge is 2.19. The van der Waals surface area contributed by atoms with Gasteiger partial charge in [0.1, 0.15) is 0 Å². The van der Waals surface area contributed by atoms with E-state index in [0.717, 1.165) is 25.9 Å². The summed E-state index contributed by atoms with van der Waals surface area (Å²) in [6.07, 6.45) is 3.24. The van der Waals surface area contributed by atoms with Crippen LogP contribution in [-0.4, -0.2) is 51.8 Å². The number of benzene rings is 1. The van der Waals surface area contributed by atoms with Crippen LogP contribution in [0, 0.1) is 0 Å². The average molecular weight is 311 g/mol. The van der Waals surface area contributed by atoms with Crippen LogP contribution in [0.1, 0.15) is 29.6 Å². The van der Waals surface area contributed by atoms with Crippen molar-refractivity contribution in [2.45, 2.75) is 24.2 Å². The molecule has 0 radical (unpaired) electrons. The molecule has 0 bridgehead atoms. The van der Waals surface area contributed by atoms with E-state index in [0.29, 0.717) is 5.56 Å². The number of rotatable bonds is 5. The van der Waals surface area contributed by atoms with Gasteiger partial charge in [0, 0.05) is 25.8 Å². The second-order valence-electron chi connectivity index (χ2n) is 5.19. The zero-order valence-corrected chi connectivity index (χ0v) is 13.1. The first-order valence-electron chi connectivity index (χ1n) is 7.15. The van der Waals surface area contributed by atoms with Gasteiger partial charge in [-0.15, -0.1) is 0 Å². The number of amides is 1. The number of piperidine rings is 1. The van der Waals surface area contributed by atoms with E-state index in [1.54, 1.807) is 12.1 Å². The Balaban J connectivity index is 2.09. The summed E-state index contributed by atoms with van der Waals surface area (Å²) in [6, 6.07) is 6.19. The highest BCUT2D eigenvalue weighted by atomic mass is 32.2. The Bertz CT molecular complexity index is 574. The highest BCUT2D eigenvalue weighted by molar-refractivity contribution is 7.91. The predicted octanol–water partition coefficient (Wildman–Crippen LogP) is 1.73. The van der Waals surface area contributed by atoms with Crippen LogP contribution in [0.5, 0.6) is 0 Å². The number of sulfone groups is 1. The van der Waals surface area contributed by atoms with Gasteiger partial charge in [0.05, 0.1) is 17.3 Å². The molecule has 116 valence electrons. The maximum absolute atomic E-state index is 12.3. The minimum Gasteiger partial charge on any atom is -0.384 e. The van der Waals surface area contributed by atoms with E-state index in [2.05, 4.69) is 0 Å². The lowest BCUT2D eigenvalue weighted by Crippen LogP contribution is -2.35. The minimum atomic E-state index is -3.34. The molecule has 1 amide bonds. The summed E-state index contributed by atoms with van der Waals surface area (Å²) < 4.78 is 28.8. The van der Waals surface area contributed by atoms with Gasteiger partial charge in [-0.05, 0) is 43.5 Å². The first-order chi connectivity index (χ1) is 10.0. The lowest BCUT2D eigenvalue weighted by Gasteiger charge is -2.26. The van der Waals surface area contributed by atoms with E-state index in [4.69, 9.17) is 4.74 Å². The van der Waals surface area contributed by atoms with Crippen molar-refractivity contribution in [1.82, 2.24) is 4.90 Å². The molecule has 0 unspecified atom stereocenters. The van der Waals surface area contributed by atoms with E-state index in [1.807, 2.05) is 4.90 Å². The Kier molecular flexibility index (Phi) is 5.36. The van der Waals surface area contributed by atoms with Crippen molar-refractivity contribution >= 4 is 15.7 Å². The van der Waals surface area contributed by atoms with E-state index in [9.17, 15) is 13.2 Å². The fourth-order valence-corrected chi connectivity index (χ4v) is 3.57. The summed E-state index contributed by atoms with van der Waals surface area (Å²) >= 11 is 0. The van der Waals surface area contributed by atoms with Crippen molar-refractivity contribution in [2.24, 2.45) is 0 Å². The van der Waals surface area contributed by atoms with Crippen LogP contribution in [0.3, 0.4) is 0 Å². The second-order valence-corrected chi connectivity index (χ2v) is 7.30. The average Bonchev–Trinajstić information content (AvgIpc) is 2.53. The Labute approximate surface area is 125 Å². The third-order valence-electron chi connectivity index (χ3n) is 3.66. The van der Waals surface area contributed by atoms with Gasteiger partial charge in [-0.2, -0.15) is 0 Å². The Morgan fingerprint density at radius 2 is 1.76 bits per heavy atom. The van der Waals surface area contributed by atoms with E-state index in [1.165, 1.54) is 25.7 Å². The van der Waals surface area contributed by atoms with Crippen LogP contribution in [0.15, 0.2) is 29.2 Å². The van der Waals surface area contributed by atoms with Crippen LogP contribution >= 0.6 is 0 Å². The van der Waals surface area contributed by atoms with Gasteiger partial charge in [0.2, 0.25) is 0 Å². The molecule has 1 aliphatic rings. The van der Waals surface area contributed by atoms with Gasteiger partial charge in [0.25, 0.3) is 5.91 Å². The first kappa shape index (κ1) is 16.0. The molecule has 0 atom stereocenters. The summed E-state index contributed by atoms with van der Waals surface area (Å²) in [5.41, 5.74) is 0.544. The lowest BCUT2D eigenvalue weighted by atomic mass is 10.1. The van der Waals surface area contributed by atoms with Crippen molar-refractivity contribution in [1.29, 1.82) is 0 Å². The van der Waals surface area contributed by atoms with Crippen LogP contribution in [0.2, 0.25) is 0 Å². The fourth-order valence-electron chi connectivity index (χ4n) is 2.40. The predicted molar refractivity (Wildman–Crippen MR) is 80.1 cm³/mol. The van der Waals surface area contributed by atoms with Crippen LogP contribution in [0.25, 0.3) is 0 Å². The number of carbonyl (C=O) groups excluding carboxylic acids is 1. The van der Waals surface area contributed by atoms with E-state index in [-0.39, 0.29) is 23.2 Å². The standard InChI is InChI=1S/C15H21NO4S/c1-20-11-12-21(18,19)14-7-5-13(6-8-14)15(17)16-9-3-2-4-10-16/h5-8H,2-4,9-12H2,1H3. The topological polar surface area (TPSA) is 63.7 Å². The Morgan fingerprint density at radius 3 is 2.33 bits per heavy atom. The molecule has 1 fully saturated rings. The monoisotopic (exact) mass is 311 g/mol. The number of methoxy groups -OCH3 is 1. The summed E-state index contributed by atoms with van der Waals surface area (Å²) in [7, 11) is -1.87. The van der Waals surface area contributed by atoms with Crippen molar-refractivity contribution in [3.63, 3.8) is 0 Å². The molecule has 0 spiro atoms. The number of carbonyl (C=O) groups is 1. The van der Waals surface area contributed by atoms with Crippen molar-refractivity contribution in [2.75, 3.05) is 32.6 Å². The summed E-state index contributed by atoms with van der Waals surface area (Å²) in [5.74, 6) is -0.0707. The van der Waals surface area contributed by atoms with Gasteiger partial charge >= 0.3 is 0 Å². The first-order valence-corrected chi connectivity index (χ1v) is 8.81. The molecule has 6 heteroatoms. The fraction of sp³-hybridized carbons (Fsp3) is 0.533. The summed E-state index contributed by atoms with van der Waals surface area (Å²) in [6.45, 7) is 1.73. The molecule has 5 nitrogen and oxygen atoms in total. The highest BCUT2D eigenvalue weighted by Crippen LogP contribution is 2.16. The van der Waals surface area contributed by atoms with Gasteiger partial charge < -0.3 is 9.64 Å². The van der Waals surface area contributed by atoms with Gasteiger partial charge in [-0.25, -0.2) is 8.42 Å². The summed E-state index contributed by atoms with van der Waals surface area (Å²) in [5, 5.41) is 0. The molecule has 1 aliphatic heterocycles. The molecule has 1 heterocycles. The van der Waals surface area contributed by atoms with Crippen molar-refractivity contribution < 1.29 is 17.9 Å². The van der Waals surface area contributed by atoms with Crippen LogP contribution in [-0.2, 0) is 14.6 Å². The van der Waals surface area contributed by atoms with Crippen LogP contribution in [0.4, 0.5) is 0 Å². The van der Waals surface area contributed by atoms with E-state index >= 15 is 0 Å². The van der Waals surface area contributed by atoms with Crippen LogP contribution < -0.4 is 0 Å². The molecule has 0 aromatic heterocycles. The third kappa shape index (κ3) is 4.04. The number of ether oxygens (including phenoxy) is 1. The zero-order valence-electron chi connectivity index (χ0n) is 12.2. The number of hydrogen-bond donors (Lipinski definition) is 0. The Hall–Kier alpha value is -1.40. The SMILES string of the molecule is COCCS(=O)(=O)c1ccc(C(=O)N2CCCCC2)cc1. The maximum Gasteiger partial charge on any atom is 0.253 e. The largest absolute Gasteiger partial charge is 0.384 e. The molecule has 1 aromatic rings. The molecular formula is C15H21NO4S. The maximum atomic E-state index is 12.3. The lowest BCUT2D eigenvalue weighted by molar-refractivity contribution is 0.0724. The normalized spacial score (nSPS) is 16.0.